The summed E-state index contributed by atoms with van der Waals surface area (Å²) in [6.45, 7) is 2.60. The summed E-state index contributed by atoms with van der Waals surface area (Å²) in [6.07, 6.45) is 11.5. The molecule has 0 aromatic heterocycles. The molecule has 32 nitrogen and oxygen atoms in total. The van der Waals surface area contributed by atoms with E-state index in [-0.39, 0.29) is 109 Å². The molecule has 2 rings (SSSR count). The molecule has 7 atom stereocenters. The van der Waals surface area contributed by atoms with Crippen LogP contribution in [-0.2, 0) is 65.8 Å². The minimum atomic E-state index is -1.19. The van der Waals surface area contributed by atoms with Gasteiger partial charge in [-0.25, -0.2) is 0 Å². The van der Waals surface area contributed by atoms with Crippen molar-refractivity contribution >= 4 is 88.5 Å². The molecule has 0 radical (unpaired) electrons. The SMILES string of the molecule is COc1ccc(CNCC(=O)N(CCCCN)CC(=O)N[C@@H](CCCCN)C(=O)N[C@H](CCCCN)C(=O)N[C@@H](CCSC)C(=O)NCCCCC(NC(=O)[C@H](CCSC)NC(=O)[C@@H](CCCCN)NC(=O)[C@H](CCCCN)NC(=O)CN(CCCCN)C(=O)CNCc2ccc(OC)cc2)C(N)=O)cc1. The Morgan fingerprint density at radius 1 is 0.377 bits per heavy atom. The van der Waals surface area contributed by atoms with Crippen molar-refractivity contribution in [2.45, 2.75) is 190 Å². The highest BCUT2D eigenvalue weighted by molar-refractivity contribution is 7.98. The summed E-state index contributed by atoms with van der Waals surface area (Å²) in [4.78, 5) is 156. The summed E-state index contributed by atoms with van der Waals surface area (Å²) in [5, 5.41) is 28.7. The molecular weight excluding hydrogens is 1400 g/mol. The lowest BCUT2D eigenvalue weighted by atomic mass is 10.0. The number of hydrogen-bond donors (Lipinski definition) is 17. The highest BCUT2D eigenvalue weighted by Crippen LogP contribution is 2.15. The number of amides is 11. The maximum Gasteiger partial charge on any atom is 0.243 e. The first-order chi connectivity index (χ1) is 51.1. The molecule has 600 valence electrons. The number of carbonyl (C=O) groups is 11. The quantitative estimate of drug-likeness (QED) is 0.0350. The molecule has 2 aromatic carbocycles. The van der Waals surface area contributed by atoms with Crippen LogP contribution in [0, 0.1) is 0 Å². The summed E-state index contributed by atoms with van der Waals surface area (Å²) in [7, 11) is 3.15. The smallest absolute Gasteiger partial charge is 0.243 e. The molecule has 106 heavy (non-hydrogen) atoms. The van der Waals surface area contributed by atoms with Gasteiger partial charge in [0, 0.05) is 32.7 Å². The van der Waals surface area contributed by atoms with E-state index in [1.165, 1.54) is 33.3 Å². The molecule has 0 spiro atoms. The van der Waals surface area contributed by atoms with Gasteiger partial charge < -0.3 is 113 Å². The van der Waals surface area contributed by atoms with Crippen LogP contribution in [0.2, 0.25) is 0 Å². The van der Waals surface area contributed by atoms with Crippen LogP contribution in [0.1, 0.15) is 146 Å². The van der Waals surface area contributed by atoms with Gasteiger partial charge >= 0.3 is 0 Å². The van der Waals surface area contributed by atoms with E-state index >= 15 is 0 Å². The minimum absolute atomic E-state index is 0.0511. The number of carbonyl (C=O) groups excluding carboxylic acids is 11. The Hall–Kier alpha value is -7.41. The van der Waals surface area contributed by atoms with Gasteiger partial charge in [-0.2, -0.15) is 23.5 Å². The summed E-state index contributed by atoms with van der Waals surface area (Å²) < 4.78 is 10.5. The van der Waals surface area contributed by atoms with Crippen LogP contribution >= 0.6 is 23.5 Å². The predicted molar refractivity (Wildman–Crippen MR) is 416 cm³/mol. The van der Waals surface area contributed by atoms with Gasteiger partial charge in [-0.15, -0.1) is 0 Å². The van der Waals surface area contributed by atoms with E-state index in [1.54, 1.807) is 14.2 Å². The zero-order valence-electron chi connectivity index (χ0n) is 63.1. The fourth-order valence-electron chi connectivity index (χ4n) is 11.2. The summed E-state index contributed by atoms with van der Waals surface area (Å²) in [5.74, 6) is -4.23. The molecule has 0 bridgehead atoms. The highest BCUT2D eigenvalue weighted by atomic mass is 32.2. The van der Waals surface area contributed by atoms with Crippen LogP contribution in [0.3, 0.4) is 0 Å². The first-order valence-electron chi connectivity index (χ1n) is 37.2. The number of thioether (sulfide) groups is 2. The second-order valence-electron chi connectivity index (χ2n) is 26.0. The second-order valence-corrected chi connectivity index (χ2v) is 27.9. The first-order valence-corrected chi connectivity index (χ1v) is 40.0. The van der Waals surface area contributed by atoms with Crippen molar-refractivity contribution in [1.29, 1.82) is 0 Å². The number of benzene rings is 2. The number of unbranched alkanes of at least 4 members (excludes halogenated alkanes) is 7. The van der Waals surface area contributed by atoms with Crippen molar-refractivity contribution in [1.82, 2.24) is 63.0 Å². The number of hydrogen-bond acceptors (Lipinski definition) is 23. The van der Waals surface area contributed by atoms with E-state index in [4.69, 9.17) is 49.6 Å². The van der Waals surface area contributed by atoms with Crippen LogP contribution < -0.4 is 103 Å². The van der Waals surface area contributed by atoms with Crippen molar-refractivity contribution in [3.05, 3.63) is 59.7 Å². The van der Waals surface area contributed by atoms with Gasteiger partial charge in [0.15, 0.2) is 0 Å². The van der Waals surface area contributed by atoms with Gasteiger partial charge in [0.1, 0.15) is 53.8 Å². The fourth-order valence-corrected chi connectivity index (χ4v) is 12.1. The molecule has 24 N–H and O–H groups in total. The summed E-state index contributed by atoms with van der Waals surface area (Å²) >= 11 is 2.87. The molecule has 2 aromatic rings. The maximum absolute atomic E-state index is 14.3. The normalized spacial score (nSPS) is 13.1. The average molecular weight is 1530 g/mol. The van der Waals surface area contributed by atoms with Crippen LogP contribution in [0.25, 0.3) is 0 Å². The summed E-state index contributed by atoms with van der Waals surface area (Å²) in [6, 6.07) is 6.77. The van der Waals surface area contributed by atoms with E-state index in [2.05, 4.69) is 53.2 Å². The Bertz CT molecular complexity index is 2880. The molecular formula is C72H127N19O13S2. The number of methoxy groups -OCH3 is 2. The number of nitrogens with zero attached hydrogens (tertiary/aromatic N) is 2. The number of nitrogens with two attached hydrogens (primary N) is 7. The lowest BCUT2D eigenvalue weighted by Gasteiger charge is -2.27. The van der Waals surface area contributed by atoms with Crippen molar-refractivity contribution in [3.63, 3.8) is 0 Å². The largest absolute Gasteiger partial charge is 0.497 e. The highest BCUT2D eigenvalue weighted by Gasteiger charge is 2.34. The second kappa shape index (κ2) is 58.7. The average Bonchev–Trinajstić information content (AvgIpc) is 0.875. The number of primary amides is 1. The Morgan fingerprint density at radius 2 is 0.670 bits per heavy atom. The summed E-state index contributed by atoms with van der Waals surface area (Å²) in [5.41, 5.74) is 42.5. The molecule has 11 amide bonds. The van der Waals surface area contributed by atoms with Gasteiger partial charge in [-0.3, -0.25) is 52.7 Å². The van der Waals surface area contributed by atoms with Gasteiger partial charge in [0.2, 0.25) is 65.0 Å². The van der Waals surface area contributed by atoms with E-state index in [0.717, 1.165) is 11.1 Å². The third-order valence-corrected chi connectivity index (χ3v) is 18.7. The van der Waals surface area contributed by atoms with Crippen LogP contribution in [-0.4, -0.2) is 240 Å². The Kier molecular flexibility index (Phi) is 52.4. The maximum atomic E-state index is 14.3. The number of ether oxygens (including phenoxy) is 2. The Morgan fingerprint density at radius 3 is 0.991 bits per heavy atom. The third kappa shape index (κ3) is 41.1. The van der Waals surface area contributed by atoms with Gasteiger partial charge in [-0.05, 0) is 234 Å². The number of nitrogens with one attached hydrogen (secondary N) is 10. The fraction of sp³-hybridized carbons (Fsp3) is 0.681. The standard InChI is InChI=1S/C72H127N19O13S2/c1-103-53-28-24-51(25-29-53)45-80-47-64(94)90(41-17-14-38-77)49-62(92)83-56(20-5-10-34-73)68(98)86-58(22-7-12-36-75)70(100)88-60(32-43-105-3)67(97)82-40-16-9-19-55(66(79)96)85-72(102)61(33-44-106-4)89-71(101)59(23-8-13-37-76)87-69(99)57(21-6-11-35-74)84-63(93)50-91(42-18-15-39-78)65(95)48-81-46-52-26-30-54(104-2)31-27-52/h24-31,55-61,80-81H,5-23,32-50,73-78H2,1-4H3,(H2,79,96)(H,82,97)(H,83,92)(H,84,93)(H,85,102)(H,86,98)(H,87,99)(H,88,100)(H,89,101)/t55?,56-,57-,58+,59+,60-,61-/m0/s1. The van der Waals surface area contributed by atoms with Crippen molar-refractivity contribution in [2.24, 2.45) is 40.1 Å². The van der Waals surface area contributed by atoms with E-state index in [1.807, 2.05) is 61.0 Å². The minimum Gasteiger partial charge on any atom is -0.497 e. The van der Waals surface area contributed by atoms with Crippen molar-refractivity contribution in [3.8, 4) is 11.5 Å². The van der Waals surface area contributed by atoms with Crippen molar-refractivity contribution < 1.29 is 62.2 Å². The zero-order chi connectivity index (χ0) is 78.3. The molecule has 0 aliphatic rings. The van der Waals surface area contributed by atoms with Crippen LogP contribution in [0.5, 0.6) is 11.5 Å². The molecule has 1 unspecified atom stereocenters. The zero-order valence-corrected chi connectivity index (χ0v) is 64.7. The predicted octanol–water partition coefficient (Wildman–Crippen LogP) is -1.09. The van der Waals surface area contributed by atoms with Gasteiger partial charge in [-0.1, -0.05) is 24.3 Å². The molecule has 0 aliphatic heterocycles. The monoisotopic (exact) mass is 1530 g/mol. The van der Waals surface area contributed by atoms with Gasteiger partial charge in [0.25, 0.3) is 0 Å². The van der Waals surface area contributed by atoms with Gasteiger partial charge in [0.05, 0.1) is 40.4 Å². The topological polar surface area (TPSA) is 515 Å². The van der Waals surface area contributed by atoms with E-state index < -0.39 is 95.5 Å². The molecule has 0 aliphatic carbocycles. The van der Waals surface area contributed by atoms with E-state index in [9.17, 15) is 52.7 Å². The molecule has 0 fully saturated rings. The Labute approximate surface area is 635 Å². The Balaban J connectivity index is 2.20. The molecule has 34 heteroatoms. The lowest BCUT2D eigenvalue weighted by Crippen LogP contribution is -2.58. The van der Waals surface area contributed by atoms with Crippen LogP contribution in [0.15, 0.2) is 48.5 Å². The van der Waals surface area contributed by atoms with E-state index in [0.29, 0.717) is 159 Å². The van der Waals surface area contributed by atoms with Crippen LogP contribution in [0.4, 0.5) is 0 Å². The third-order valence-electron chi connectivity index (χ3n) is 17.4. The molecule has 0 saturated carbocycles. The molecule has 0 saturated heterocycles. The number of rotatable bonds is 63. The first kappa shape index (κ1) is 94.7. The lowest BCUT2D eigenvalue weighted by molar-refractivity contribution is -0.137. The molecule has 0 heterocycles. The van der Waals surface area contributed by atoms with Crippen molar-refractivity contribution in [2.75, 3.05) is 123 Å².